The number of ether oxygens (including phenoxy) is 1. The number of halogens is 1. The van der Waals surface area contributed by atoms with E-state index < -0.39 is 0 Å². The molecular weight excluding hydrogens is 270 g/mol. The lowest BCUT2D eigenvalue weighted by Gasteiger charge is -2.26. The van der Waals surface area contributed by atoms with Gasteiger partial charge in [-0.3, -0.25) is 0 Å². The first-order chi connectivity index (χ1) is 9.86. The molecular formula is C17H18ClNO. The summed E-state index contributed by atoms with van der Waals surface area (Å²) in [5.74, 6) is 2.10. The Hall–Kier alpha value is -1.67. The molecule has 0 saturated carbocycles. The fraction of sp³-hybridized carbons (Fsp3) is 0.294. The molecule has 0 saturated heterocycles. The molecule has 1 aliphatic rings. The first-order valence-corrected chi connectivity index (χ1v) is 7.51. The maximum absolute atomic E-state index is 5.80. The number of para-hydroxylation sites is 1. The zero-order valence-electron chi connectivity index (χ0n) is 11.3. The molecule has 2 nitrogen and oxygen atoms in total. The van der Waals surface area contributed by atoms with E-state index >= 15 is 0 Å². The Labute approximate surface area is 124 Å². The summed E-state index contributed by atoms with van der Waals surface area (Å²) in [5.41, 5.74) is 3.60. The van der Waals surface area contributed by atoms with Gasteiger partial charge in [-0.15, -0.1) is 11.6 Å². The van der Waals surface area contributed by atoms with Crippen molar-refractivity contribution in [3.8, 4) is 5.75 Å². The lowest BCUT2D eigenvalue weighted by atomic mass is 9.93. The number of alkyl halides is 1. The van der Waals surface area contributed by atoms with Crippen molar-refractivity contribution < 1.29 is 4.74 Å². The van der Waals surface area contributed by atoms with Gasteiger partial charge in [0.15, 0.2) is 0 Å². The predicted octanol–water partition coefficient (Wildman–Crippen LogP) is 4.40. The molecule has 1 unspecified atom stereocenters. The van der Waals surface area contributed by atoms with Crippen molar-refractivity contribution in [3.63, 3.8) is 0 Å². The Bertz CT molecular complexity index is 567. The van der Waals surface area contributed by atoms with E-state index in [0.717, 1.165) is 36.6 Å². The normalized spacial score (nSPS) is 17.1. The van der Waals surface area contributed by atoms with Crippen molar-refractivity contribution in [2.75, 3.05) is 18.5 Å². The quantitative estimate of drug-likeness (QED) is 0.842. The summed E-state index contributed by atoms with van der Waals surface area (Å²) in [7, 11) is 0. The predicted molar refractivity (Wildman–Crippen MR) is 83.8 cm³/mol. The van der Waals surface area contributed by atoms with E-state index in [-0.39, 0.29) is 0 Å². The third-order valence-electron chi connectivity index (χ3n) is 3.74. The highest BCUT2D eigenvalue weighted by Crippen LogP contribution is 2.33. The van der Waals surface area contributed by atoms with Crippen molar-refractivity contribution in [3.05, 3.63) is 59.7 Å². The summed E-state index contributed by atoms with van der Waals surface area (Å²) in [6.07, 6.45) is 1.06. The topological polar surface area (TPSA) is 21.3 Å². The molecule has 0 amide bonds. The Morgan fingerprint density at radius 1 is 1.10 bits per heavy atom. The van der Waals surface area contributed by atoms with Crippen LogP contribution in [0.15, 0.2) is 48.5 Å². The standard InChI is InChI=1S/C17H18ClNO/c18-11-13-5-7-15(8-6-13)19-12-14-9-10-20-17-4-2-1-3-16(14)17/h1-8,14,19H,9-12H2. The molecule has 0 spiro atoms. The molecule has 1 atom stereocenters. The van der Waals surface area contributed by atoms with Gasteiger partial charge >= 0.3 is 0 Å². The molecule has 2 aromatic rings. The van der Waals surface area contributed by atoms with E-state index in [9.17, 15) is 0 Å². The van der Waals surface area contributed by atoms with Gasteiger partial charge in [-0.2, -0.15) is 0 Å². The molecule has 0 fully saturated rings. The average molecular weight is 288 g/mol. The first-order valence-electron chi connectivity index (χ1n) is 6.97. The second kappa shape index (κ2) is 6.19. The van der Waals surface area contributed by atoms with Crippen LogP contribution in [0.4, 0.5) is 5.69 Å². The zero-order chi connectivity index (χ0) is 13.8. The summed E-state index contributed by atoms with van der Waals surface area (Å²) in [5, 5.41) is 3.51. The van der Waals surface area contributed by atoms with E-state index in [2.05, 4.69) is 47.8 Å². The highest BCUT2D eigenvalue weighted by Gasteiger charge is 2.20. The third-order valence-corrected chi connectivity index (χ3v) is 4.05. The minimum absolute atomic E-state index is 0.507. The smallest absolute Gasteiger partial charge is 0.122 e. The number of nitrogens with one attached hydrogen (secondary N) is 1. The van der Waals surface area contributed by atoms with E-state index in [1.807, 2.05) is 6.07 Å². The Balaban J connectivity index is 1.66. The second-order valence-corrected chi connectivity index (χ2v) is 5.35. The highest BCUT2D eigenvalue weighted by atomic mass is 35.5. The highest BCUT2D eigenvalue weighted by molar-refractivity contribution is 6.17. The van der Waals surface area contributed by atoms with Crippen LogP contribution in [0.5, 0.6) is 5.75 Å². The van der Waals surface area contributed by atoms with Crippen LogP contribution in [0.25, 0.3) is 0 Å². The Kier molecular flexibility index (Phi) is 4.12. The van der Waals surface area contributed by atoms with Crippen LogP contribution in [-0.4, -0.2) is 13.2 Å². The van der Waals surface area contributed by atoms with Crippen LogP contribution < -0.4 is 10.1 Å². The van der Waals surface area contributed by atoms with Gasteiger partial charge in [-0.1, -0.05) is 30.3 Å². The third kappa shape index (κ3) is 2.91. The van der Waals surface area contributed by atoms with Gasteiger partial charge in [0.25, 0.3) is 0 Å². The monoisotopic (exact) mass is 287 g/mol. The van der Waals surface area contributed by atoms with Gasteiger partial charge in [-0.05, 0) is 35.7 Å². The summed E-state index contributed by atoms with van der Waals surface area (Å²) >= 11 is 5.80. The van der Waals surface area contributed by atoms with Crippen molar-refractivity contribution in [1.29, 1.82) is 0 Å². The SMILES string of the molecule is ClCc1ccc(NCC2CCOc3ccccc32)cc1. The number of anilines is 1. The molecule has 0 bridgehead atoms. The zero-order valence-corrected chi connectivity index (χ0v) is 12.1. The lowest BCUT2D eigenvalue weighted by Crippen LogP contribution is -2.20. The van der Waals surface area contributed by atoms with Gasteiger partial charge < -0.3 is 10.1 Å². The number of benzene rings is 2. The number of hydrogen-bond acceptors (Lipinski definition) is 2. The van der Waals surface area contributed by atoms with Gasteiger partial charge in [0.2, 0.25) is 0 Å². The maximum atomic E-state index is 5.80. The average Bonchev–Trinajstić information content (AvgIpc) is 2.53. The maximum Gasteiger partial charge on any atom is 0.122 e. The van der Waals surface area contributed by atoms with E-state index in [1.165, 1.54) is 5.56 Å². The Morgan fingerprint density at radius 3 is 2.70 bits per heavy atom. The van der Waals surface area contributed by atoms with E-state index in [0.29, 0.717) is 11.8 Å². The molecule has 104 valence electrons. The first kappa shape index (κ1) is 13.3. The molecule has 0 aliphatic carbocycles. The molecule has 0 aromatic heterocycles. The number of hydrogen-bond donors (Lipinski definition) is 1. The van der Waals surface area contributed by atoms with E-state index in [1.54, 1.807) is 0 Å². The van der Waals surface area contributed by atoms with Gasteiger partial charge in [0.05, 0.1) is 6.61 Å². The largest absolute Gasteiger partial charge is 0.493 e. The van der Waals surface area contributed by atoms with Crippen LogP contribution in [0.3, 0.4) is 0 Å². The van der Waals surface area contributed by atoms with Crippen LogP contribution in [0.2, 0.25) is 0 Å². The summed E-state index contributed by atoms with van der Waals surface area (Å²) in [6, 6.07) is 16.6. The van der Waals surface area contributed by atoms with Crippen LogP contribution >= 0.6 is 11.6 Å². The molecule has 1 N–H and O–H groups in total. The molecule has 20 heavy (non-hydrogen) atoms. The molecule has 0 radical (unpaired) electrons. The lowest BCUT2D eigenvalue weighted by molar-refractivity contribution is 0.270. The van der Waals surface area contributed by atoms with Crippen molar-refractivity contribution >= 4 is 17.3 Å². The molecule has 3 rings (SSSR count). The number of rotatable bonds is 4. The second-order valence-electron chi connectivity index (χ2n) is 5.08. The van der Waals surface area contributed by atoms with Crippen LogP contribution in [-0.2, 0) is 5.88 Å². The summed E-state index contributed by atoms with van der Waals surface area (Å²) in [4.78, 5) is 0. The fourth-order valence-electron chi connectivity index (χ4n) is 2.58. The molecule has 1 heterocycles. The molecule has 1 aliphatic heterocycles. The van der Waals surface area contributed by atoms with Gasteiger partial charge in [-0.25, -0.2) is 0 Å². The summed E-state index contributed by atoms with van der Waals surface area (Å²) < 4.78 is 5.69. The minimum Gasteiger partial charge on any atom is -0.493 e. The molecule has 3 heteroatoms. The van der Waals surface area contributed by atoms with Crippen molar-refractivity contribution in [2.45, 2.75) is 18.2 Å². The minimum atomic E-state index is 0.507. The van der Waals surface area contributed by atoms with Crippen LogP contribution in [0, 0.1) is 0 Å². The Morgan fingerprint density at radius 2 is 1.90 bits per heavy atom. The van der Waals surface area contributed by atoms with Gasteiger partial charge in [0, 0.05) is 24.0 Å². The van der Waals surface area contributed by atoms with Crippen molar-refractivity contribution in [1.82, 2.24) is 0 Å². The molecule has 2 aromatic carbocycles. The van der Waals surface area contributed by atoms with Crippen LogP contribution in [0.1, 0.15) is 23.5 Å². The number of fused-ring (bicyclic) bond motifs is 1. The summed E-state index contributed by atoms with van der Waals surface area (Å²) in [6.45, 7) is 1.73. The van der Waals surface area contributed by atoms with E-state index in [4.69, 9.17) is 16.3 Å². The van der Waals surface area contributed by atoms with Gasteiger partial charge in [0.1, 0.15) is 5.75 Å². The van der Waals surface area contributed by atoms with Crippen molar-refractivity contribution in [2.24, 2.45) is 0 Å². The fourth-order valence-corrected chi connectivity index (χ4v) is 2.76.